The summed E-state index contributed by atoms with van der Waals surface area (Å²) in [5.74, 6) is 0. The van der Waals surface area contributed by atoms with Crippen LogP contribution in [0.1, 0.15) is 6.42 Å². The van der Waals surface area contributed by atoms with E-state index in [1.165, 1.54) is 0 Å². The van der Waals surface area contributed by atoms with E-state index in [4.69, 9.17) is 3.40 Å². The zero-order chi connectivity index (χ0) is 5.54. The Hall–Kier alpha value is 0.548. The van der Waals surface area contributed by atoms with Gasteiger partial charge in [0, 0.05) is 0 Å². The topological polar surface area (TPSA) is 17.1 Å². The van der Waals surface area contributed by atoms with E-state index in [1.807, 2.05) is 12.2 Å². The van der Waals surface area contributed by atoms with Gasteiger partial charge in [-0.05, 0) is 0 Å². The summed E-state index contributed by atoms with van der Waals surface area (Å²) in [5, 5.41) is 0. The summed E-state index contributed by atoms with van der Waals surface area (Å²) in [6.45, 7) is 0. The average Bonchev–Trinajstić information content (AvgIpc) is 2.23. The van der Waals surface area contributed by atoms with Gasteiger partial charge in [-0.15, -0.1) is 31.2 Å². The average molecular weight is 250 g/mol. The Morgan fingerprint density at radius 3 is 2.00 bits per heavy atom. The Kier molecular flexibility index (Phi) is 28.6. The molecule has 0 saturated heterocycles. The van der Waals surface area contributed by atoms with Crippen LogP contribution in [0.15, 0.2) is 18.2 Å². The van der Waals surface area contributed by atoms with Crippen molar-refractivity contribution < 1.29 is 23.2 Å². The number of halogens is 2. The molecule has 0 aromatic carbocycles. The van der Waals surface area contributed by atoms with Gasteiger partial charge >= 0.3 is 23.2 Å². The van der Waals surface area contributed by atoms with E-state index in [0.717, 1.165) is 6.42 Å². The first-order valence-corrected chi connectivity index (χ1v) is 2.70. The Morgan fingerprint density at radius 2 is 1.89 bits per heavy atom. The summed E-state index contributed by atoms with van der Waals surface area (Å²) in [6.07, 6.45) is 10.0. The Bertz CT molecular complexity index is 83.0. The van der Waals surface area contributed by atoms with Gasteiger partial charge in [-0.1, -0.05) is 0 Å². The molecular weight excluding hydrogens is 243 g/mol. The van der Waals surface area contributed by atoms with Crippen molar-refractivity contribution in [1.29, 1.82) is 0 Å². The first kappa shape index (κ1) is 16.3. The molecule has 54 valence electrons. The predicted octanol–water partition coefficient (Wildman–Crippen LogP) is 2.03. The number of rotatable bonds is 0. The molecular formula is C5H7Cl2MoO-. The first-order valence-electron chi connectivity index (χ1n) is 1.88. The molecule has 0 aromatic heterocycles. The quantitative estimate of drug-likeness (QED) is 0.474. The molecule has 0 radical (unpaired) electrons. The summed E-state index contributed by atoms with van der Waals surface area (Å²) in [6, 6.07) is 0. The first-order chi connectivity index (χ1) is 3.50. The van der Waals surface area contributed by atoms with Crippen molar-refractivity contribution >= 4 is 24.8 Å². The Balaban J connectivity index is -0.0000000836. The van der Waals surface area contributed by atoms with E-state index in [9.17, 15) is 0 Å². The van der Waals surface area contributed by atoms with Crippen molar-refractivity contribution in [2.24, 2.45) is 0 Å². The normalized spacial score (nSPS) is 10.2. The molecule has 0 unspecified atom stereocenters. The number of allylic oxidation sites excluding steroid dienone is 4. The minimum absolute atomic E-state index is 0. The molecule has 0 heterocycles. The fourth-order valence-corrected chi connectivity index (χ4v) is 0.340. The van der Waals surface area contributed by atoms with Crippen LogP contribution in [0, 0.1) is 6.08 Å². The Morgan fingerprint density at radius 1 is 1.33 bits per heavy atom. The van der Waals surface area contributed by atoms with E-state index in [1.54, 1.807) is 0 Å². The van der Waals surface area contributed by atoms with E-state index >= 15 is 0 Å². The molecule has 4 heteroatoms. The van der Waals surface area contributed by atoms with Crippen LogP contribution in [0.25, 0.3) is 0 Å². The second-order valence-corrected chi connectivity index (χ2v) is 1.00. The van der Waals surface area contributed by atoms with Crippen LogP contribution >= 0.6 is 24.8 Å². The van der Waals surface area contributed by atoms with Gasteiger partial charge in [-0.3, -0.25) is 6.08 Å². The summed E-state index contributed by atoms with van der Waals surface area (Å²) < 4.78 is 8.26. The maximum absolute atomic E-state index is 8.26. The molecule has 0 amide bonds. The maximum atomic E-state index is 8.26. The molecule has 0 aliphatic heterocycles. The van der Waals surface area contributed by atoms with Crippen LogP contribution in [0.4, 0.5) is 0 Å². The van der Waals surface area contributed by atoms with Crippen LogP contribution in [-0.4, -0.2) is 0 Å². The van der Waals surface area contributed by atoms with Gasteiger partial charge in [0.25, 0.3) is 0 Å². The van der Waals surface area contributed by atoms with Gasteiger partial charge < -0.3 is 0 Å². The molecule has 1 aliphatic rings. The second-order valence-electron chi connectivity index (χ2n) is 1.00. The van der Waals surface area contributed by atoms with Crippen molar-refractivity contribution in [2.75, 3.05) is 0 Å². The molecule has 9 heavy (non-hydrogen) atoms. The zero-order valence-corrected chi connectivity index (χ0v) is 8.21. The van der Waals surface area contributed by atoms with Gasteiger partial charge in [0.15, 0.2) is 0 Å². The molecule has 0 spiro atoms. The molecule has 1 nitrogen and oxygen atoms in total. The van der Waals surface area contributed by atoms with Crippen LogP contribution in [0.5, 0.6) is 0 Å². The predicted molar refractivity (Wildman–Crippen MR) is 36.8 cm³/mol. The van der Waals surface area contributed by atoms with Gasteiger partial charge in [-0.2, -0.15) is 6.08 Å². The van der Waals surface area contributed by atoms with Crippen molar-refractivity contribution in [3.63, 3.8) is 0 Å². The molecule has 0 bridgehead atoms. The summed E-state index contributed by atoms with van der Waals surface area (Å²) in [4.78, 5) is 0. The van der Waals surface area contributed by atoms with Gasteiger partial charge in [0.05, 0.1) is 0 Å². The molecule has 0 aromatic rings. The molecule has 0 N–H and O–H groups in total. The number of hydrogen-bond acceptors (Lipinski definition) is 1. The third-order valence-electron chi connectivity index (χ3n) is 0.586. The standard InChI is InChI=1S/C5H5.2ClH.Mo.O/c1-2-4-5-3-1;;;;/h1-3H,4H2;2*1H;;/q-1;;;;. The third kappa shape index (κ3) is 11.9. The van der Waals surface area contributed by atoms with Crippen LogP contribution in [-0.2, 0) is 23.2 Å². The van der Waals surface area contributed by atoms with Gasteiger partial charge in [0.2, 0.25) is 0 Å². The summed E-state index contributed by atoms with van der Waals surface area (Å²) in [7, 11) is 0. The van der Waals surface area contributed by atoms with Crippen LogP contribution < -0.4 is 0 Å². The van der Waals surface area contributed by atoms with Crippen molar-refractivity contribution in [2.45, 2.75) is 6.42 Å². The van der Waals surface area contributed by atoms with Crippen molar-refractivity contribution in [3.05, 3.63) is 24.3 Å². The van der Waals surface area contributed by atoms with Crippen LogP contribution in [0.2, 0.25) is 0 Å². The fraction of sp³-hybridized carbons (Fsp3) is 0.200. The SMILES string of the molecule is Cl.Cl.[C-]1=CC=CC1.[O]=[Mo]. The van der Waals surface area contributed by atoms with E-state index < -0.39 is 0 Å². The summed E-state index contributed by atoms with van der Waals surface area (Å²) >= 11 is 0.700. The fourth-order valence-electron chi connectivity index (χ4n) is 0.340. The third-order valence-corrected chi connectivity index (χ3v) is 0.586. The van der Waals surface area contributed by atoms with E-state index in [0.29, 0.717) is 19.8 Å². The van der Waals surface area contributed by atoms with Gasteiger partial charge in [0.1, 0.15) is 0 Å². The van der Waals surface area contributed by atoms with E-state index in [2.05, 4.69) is 12.2 Å². The molecule has 1 rings (SSSR count). The number of hydrogen-bond donors (Lipinski definition) is 0. The van der Waals surface area contributed by atoms with Crippen LogP contribution in [0.3, 0.4) is 0 Å². The van der Waals surface area contributed by atoms with Gasteiger partial charge in [-0.25, -0.2) is 12.2 Å². The second kappa shape index (κ2) is 15.8. The molecule has 0 saturated carbocycles. The summed E-state index contributed by atoms with van der Waals surface area (Å²) in [5.41, 5.74) is 0. The van der Waals surface area contributed by atoms with E-state index in [-0.39, 0.29) is 24.8 Å². The molecule has 0 fully saturated rings. The monoisotopic (exact) mass is 251 g/mol. The van der Waals surface area contributed by atoms with Crippen molar-refractivity contribution in [3.8, 4) is 0 Å². The molecule has 0 atom stereocenters. The minimum atomic E-state index is 0. The molecule has 1 aliphatic carbocycles. The van der Waals surface area contributed by atoms with Crippen molar-refractivity contribution in [1.82, 2.24) is 0 Å². The zero-order valence-electron chi connectivity index (χ0n) is 4.57. The Labute approximate surface area is 78.6 Å².